The fourth-order valence-corrected chi connectivity index (χ4v) is 8.92. The van der Waals surface area contributed by atoms with Crippen molar-refractivity contribution in [3.63, 3.8) is 0 Å². The smallest absolute Gasteiger partial charge is 0.0643 e. The fraction of sp³-hybridized carbons (Fsp3) is 0.111. The van der Waals surface area contributed by atoms with Gasteiger partial charge >= 0.3 is 0 Å². The first-order valence-corrected chi connectivity index (χ1v) is 19.3. The van der Waals surface area contributed by atoms with Crippen LogP contribution in [0.5, 0.6) is 0 Å². The van der Waals surface area contributed by atoms with Gasteiger partial charge in [-0.05, 0) is 97.9 Å². The molecule has 1 atom stereocenters. The van der Waals surface area contributed by atoms with Crippen LogP contribution < -0.4 is 4.90 Å². The monoisotopic (exact) mass is 709 g/mol. The van der Waals surface area contributed by atoms with E-state index in [1.54, 1.807) is 0 Å². The molecule has 1 unspecified atom stereocenters. The summed E-state index contributed by atoms with van der Waals surface area (Å²) in [5, 5.41) is 0. The Morgan fingerprint density at radius 2 is 1.35 bits per heavy atom. The number of rotatable bonds is 11. The van der Waals surface area contributed by atoms with Gasteiger partial charge in [0.2, 0.25) is 0 Å². The van der Waals surface area contributed by atoms with Gasteiger partial charge in [-0.3, -0.25) is 0 Å². The molecule has 268 valence electrons. The maximum Gasteiger partial charge on any atom is 0.0643 e. The van der Waals surface area contributed by atoms with Crippen molar-refractivity contribution >= 4 is 16.8 Å². The minimum absolute atomic E-state index is 0.213. The molecule has 8 rings (SSSR count). The first-order valence-electron chi connectivity index (χ1n) is 19.3. The summed E-state index contributed by atoms with van der Waals surface area (Å²) < 4.78 is 0. The quantitative estimate of drug-likeness (QED) is 0.123. The lowest BCUT2D eigenvalue weighted by Crippen LogP contribution is -2.26. The summed E-state index contributed by atoms with van der Waals surface area (Å²) in [4.78, 5) is 2.25. The third-order valence-electron chi connectivity index (χ3n) is 11.5. The van der Waals surface area contributed by atoms with Gasteiger partial charge in [0.15, 0.2) is 0 Å². The molecule has 0 aromatic heterocycles. The second-order valence-electron chi connectivity index (χ2n) is 15.0. The van der Waals surface area contributed by atoms with Crippen LogP contribution in [0.3, 0.4) is 0 Å². The SMILES string of the molecule is C=CC(/C=C/N(C(=C)/C=C\C1=CC(C2=CCCC=C2)(c2ccccc2)c2ccccc21)c1cccc2c1C(C)(C)c1ccccc1-2)=C(/C=C)c1ccccc1. The summed E-state index contributed by atoms with van der Waals surface area (Å²) in [6.07, 6.45) is 24.2. The average molecular weight is 710 g/mol. The Morgan fingerprint density at radius 3 is 2.05 bits per heavy atom. The Balaban J connectivity index is 1.27. The van der Waals surface area contributed by atoms with Crippen LogP contribution in [0.4, 0.5) is 5.69 Å². The van der Waals surface area contributed by atoms with Gasteiger partial charge in [-0.2, -0.15) is 0 Å². The Labute approximate surface area is 327 Å². The first kappa shape index (κ1) is 35.6. The molecule has 0 radical (unpaired) electrons. The summed E-state index contributed by atoms with van der Waals surface area (Å²) >= 11 is 0. The average Bonchev–Trinajstić information content (AvgIpc) is 3.70. The van der Waals surface area contributed by atoms with E-state index in [4.69, 9.17) is 6.58 Å². The molecule has 0 heterocycles. The minimum atomic E-state index is -0.381. The number of fused-ring (bicyclic) bond motifs is 4. The Kier molecular flexibility index (Phi) is 9.55. The van der Waals surface area contributed by atoms with E-state index in [-0.39, 0.29) is 10.8 Å². The van der Waals surface area contributed by atoms with E-state index in [1.807, 2.05) is 18.2 Å². The molecule has 5 aromatic rings. The van der Waals surface area contributed by atoms with Gasteiger partial charge in [0.1, 0.15) is 0 Å². The molecule has 3 aliphatic carbocycles. The van der Waals surface area contributed by atoms with Crippen LogP contribution in [-0.4, -0.2) is 0 Å². The van der Waals surface area contributed by atoms with E-state index in [9.17, 15) is 0 Å². The lowest BCUT2D eigenvalue weighted by Gasteiger charge is -2.33. The molecule has 1 heteroatoms. The zero-order chi connectivity index (χ0) is 38.0. The van der Waals surface area contributed by atoms with Crippen LogP contribution in [0, 0.1) is 0 Å². The van der Waals surface area contributed by atoms with Crippen LogP contribution in [0.1, 0.15) is 60.1 Å². The summed E-state index contributed by atoms with van der Waals surface area (Å²) in [6, 6.07) is 45.6. The van der Waals surface area contributed by atoms with Gasteiger partial charge in [-0.1, -0.05) is 197 Å². The van der Waals surface area contributed by atoms with Gasteiger partial charge in [-0.25, -0.2) is 0 Å². The van der Waals surface area contributed by atoms with E-state index in [0.717, 1.165) is 40.9 Å². The highest BCUT2D eigenvalue weighted by Crippen LogP contribution is 2.53. The highest BCUT2D eigenvalue weighted by Gasteiger charge is 2.42. The van der Waals surface area contributed by atoms with Crippen LogP contribution in [0.15, 0.2) is 225 Å². The van der Waals surface area contributed by atoms with Crippen molar-refractivity contribution in [2.24, 2.45) is 0 Å². The molecule has 0 fully saturated rings. The Morgan fingerprint density at radius 1 is 0.673 bits per heavy atom. The van der Waals surface area contributed by atoms with Gasteiger partial charge in [0.25, 0.3) is 0 Å². The first-order chi connectivity index (χ1) is 26.9. The van der Waals surface area contributed by atoms with Crippen molar-refractivity contribution in [3.05, 3.63) is 258 Å². The minimum Gasteiger partial charge on any atom is -0.317 e. The number of benzene rings is 5. The molecule has 0 N–H and O–H groups in total. The van der Waals surface area contributed by atoms with Crippen LogP contribution in [0.2, 0.25) is 0 Å². The van der Waals surface area contributed by atoms with Crippen molar-refractivity contribution in [1.82, 2.24) is 0 Å². The van der Waals surface area contributed by atoms with E-state index in [1.165, 1.54) is 50.1 Å². The number of hydrogen-bond donors (Lipinski definition) is 0. The molecule has 55 heavy (non-hydrogen) atoms. The summed E-state index contributed by atoms with van der Waals surface area (Å²) in [5.41, 5.74) is 16.0. The normalized spacial score (nSPS) is 18.2. The van der Waals surface area contributed by atoms with E-state index < -0.39 is 0 Å². The molecular formula is C54H47N. The van der Waals surface area contributed by atoms with E-state index in [2.05, 4.69) is 202 Å². The molecular weight excluding hydrogens is 663 g/mol. The summed E-state index contributed by atoms with van der Waals surface area (Å²) in [7, 11) is 0. The Bertz CT molecular complexity index is 2490. The molecule has 0 saturated heterocycles. The predicted molar refractivity (Wildman–Crippen MR) is 236 cm³/mol. The molecule has 5 aromatic carbocycles. The predicted octanol–water partition coefficient (Wildman–Crippen LogP) is 13.9. The topological polar surface area (TPSA) is 3.24 Å². The van der Waals surface area contributed by atoms with Crippen molar-refractivity contribution in [1.29, 1.82) is 0 Å². The number of allylic oxidation sites excluding steroid dienone is 13. The number of anilines is 1. The summed E-state index contributed by atoms with van der Waals surface area (Å²) in [5.74, 6) is 0. The van der Waals surface area contributed by atoms with Crippen LogP contribution in [-0.2, 0) is 10.8 Å². The largest absolute Gasteiger partial charge is 0.317 e. The third kappa shape index (κ3) is 6.16. The van der Waals surface area contributed by atoms with Gasteiger partial charge in [0, 0.05) is 17.3 Å². The maximum atomic E-state index is 4.76. The van der Waals surface area contributed by atoms with Crippen molar-refractivity contribution in [2.45, 2.75) is 37.5 Å². The second-order valence-corrected chi connectivity index (χ2v) is 15.0. The van der Waals surface area contributed by atoms with Crippen molar-refractivity contribution in [3.8, 4) is 11.1 Å². The molecule has 0 saturated carbocycles. The standard InChI is InChI=1S/C54H47N/c1-6-40(45(7-2)41-22-11-8-12-23-41)36-37-55(51-33-21-30-48-47-29-18-19-31-49(47)53(4,5)52(48)51)39(3)34-35-42-38-54(43-24-13-9-14-25-43,44-26-15-10-16-27-44)50-32-20-17-28-46(42)50/h6-9,11-15,17-38H,1-3,10,16H2,4-5H3/b35-34-,37-36+,45-40+. The third-order valence-corrected chi connectivity index (χ3v) is 11.5. The molecule has 0 aliphatic heterocycles. The van der Waals surface area contributed by atoms with Gasteiger partial charge in [0.05, 0.1) is 11.1 Å². The van der Waals surface area contributed by atoms with Gasteiger partial charge < -0.3 is 4.90 Å². The van der Waals surface area contributed by atoms with Crippen LogP contribution in [0.25, 0.3) is 22.3 Å². The van der Waals surface area contributed by atoms with Crippen molar-refractivity contribution in [2.75, 3.05) is 4.90 Å². The van der Waals surface area contributed by atoms with Crippen molar-refractivity contribution < 1.29 is 0 Å². The number of hydrogen-bond acceptors (Lipinski definition) is 1. The maximum absolute atomic E-state index is 4.76. The zero-order valence-electron chi connectivity index (χ0n) is 31.9. The van der Waals surface area contributed by atoms with Crippen LogP contribution >= 0.6 is 0 Å². The Hall–Kier alpha value is -6.44. The molecule has 1 nitrogen and oxygen atoms in total. The molecule has 3 aliphatic rings. The second kappa shape index (κ2) is 14.8. The van der Waals surface area contributed by atoms with Gasteiger partial charge in [-0.15, -0.1) is 0 Å². The fourth-order valence-electron chi connectivity index (χ4n) is 8.92. The lowest BCUT2D eigenvalue weighted by atomic mass is 9.69. The highest BCUT2D eigenvalue weighted by atomic mass is 15.1. The molecule has 0 bridgehead atoms. The molecule has 0 spiro atoms. The highest BCUT2D eigenvalue weighted by molar-refractivity contribution is 5.89. The van der Waals surface area contributed by atoms with E-state index in [0.29, 0.717) is 0 Å². The van der Waals surface area contributed by atoms with E-state index >= 15 is 0 Å². The lowest BCUT2D eigenvalue weighted by molar-refractivity contribution is 0.660. The number of nitrogens with zero attached hydrogens (tertiary/aromatic N) is 1. The summed E-state index contributed by atoms with van der Waals surface area (Å²) in [6.45, 7) is 17.8. The molecule has 0 amide bonds. The zero-order valence-corrected chi connectivity index (χ0v) is 31.9.